The van der Waals surface area contributed by atoms with Crippen molar-refractivity contribution in [1.82, 2.24) is 9.88 Å². The molecule has 0 spiro atoms. The minimum Gasteiger partial charge on any atom is -0.494 e. The molecule has 2 aromatic rings. The lowest BCUT2D eigenvalue weighted by Gasteiger charge is -2.21. The van der Waals surface area contributed by atoms with Gasteiger partial charge in [0.2, 0.25) is 0 Å². The zero-order valence-electron chi connectivity index (χ0n) is 15.8. The van der Waals surface area contributed by atoms with Gasteiger partial charge in [-0.1, -0.05) is 19.9 Å². The molecule has 26 heavy (non-hydrogen) atoms. The van der Waals surface area contributed by atoms with Crippen molar-refractivity contribution in [1.29, 1.82) is 0 Å². The van der Waals surface area contributed by atoms with E-state index < -0.39 is 0 Å². The molecule has 1 heterocycles. The van der Waals surface area contributed by atoms with Crippen molar-refractivity contribution in [2.24, 2.45) is 0 Å². The van der Waals surface area contributed by atoms with Gasteiger partial charge in [-0.25, -0.2) is 0 Å². The van der Waals surface area contributed by atoms with Crippen molar-refractivity contribution in [2.75, 3.05) is 31.6 Å². The van der Waals surface area contributed by atoms with Crippen LogP contribution in [0.2, 0.25) is 0 Å². The Bertz CT molecular complexity index is 655. The fourth-order valence-corrected chi connectivity index (χ4v) is 2.72. The Morgan fingerprint density at radius 1 is 1.12 bits per heavy atom. The lowest BCUT2D eigenvalue weighted by Crippen LogP contribution is -2.32. The van der Waals surface area contributed by atoms with E-state index in [1.54, 1.807) is 12.4 Å². The highest BCUT2D eigenvalue weighted by atomic mass is 16.5. The lowest BCUT2D eigenvalue weighted by molar-refractivity contribution is 0.0755. The van der Waals surface area contributed by atoms with Gasteiger partial charge in [0.1, 0.15) is 5.75 Å². The summed E-state index contributed by atoms with van der Waals surface area (Å²) in [6.07, 6.45) is 6.33. The molecule has 0 unspecified atom stereocenters. The number of hydrogen-bond donors (Lipinski definition) is 1. The second-order valence-corrected chi connectivity index (χ2v) is 6.18. The first-order valence-electron chi connectivity index (χ1n) is 9.40. The summed E-state index contributed by atoms with van der Waals surface area (Å²) < 4.78 is 5.81. The number of ether oxygens (including phenoxy) is 1. The van der Waals surface area contributed by atoms with Gasteiger partial charge in [-0.3, -0.25) is 9.78 Å². The van der Waals surface area contributed by atoms with Gasteiger partial charge < -0.3 is 15.0 Å². The molecule has 1 N–H and O–H groups in total. The van der Waals surface area contributed by atoms with Gasteiger partial charge in [-0.05, 0) is 49.6 Å². The Hall–Kier alpha value is -2.56. The Kier molecular flexibility index (Phi) is 8.46. The predicted molar refractivity (Wildman–Crippen MR) is 106 cm³/mol. The number of amides is 1. The van der Waals surface area contributed by atoms with Gasteiger partial charge in [-0.15, -0.1) is 0 Å². The van der Waals surface area contributed by atoms with E-state index in [-0.39, 0.29) is 5.91 Å². The summed E-state index contributed by atoms with van der Waals surface area (Å²) in [5.41, 5.74) is 1.75. The number of benzene rings is 1. The van der Waals surface area contributed by atoms with Crippen LogP contribution in [0.4, 0.5) is 5.69 Å². The molecule has 5 heteroatoms. The molecule has 1 amide bonds. The van der Waals surface area contributed by atoms with Gasteiger partial charge in [-0.2, -0.15) is 0 Å². The number of rotatable bonds is 11. The van der Waals surface area contributed by atoms with Crippen LogP contribution in [0.5, 0.6) is 5.75 Å². The van der Waals surface area contributed by atoms with Crippen LogP contribution in [0, 0.1) is 0 Å². The molecule has 140 valence electrons. The van der Waals surface area contributed by atoms with Crippen molar-refractivity contribution in [3.05, 3.63) is 54.4 Å². The number of aromatic nitrogens is 1. The standard InChI is InChI=1S/C21H29N3O2/c1-3-14-24(15-4-2)21(25)18-7-5-8-20(17-18)26-16-6-11-23-19-9-12-22-13-10-19/h5,7-10,12-13,17H,3-4,6,11,14-16H2,1-2H3,(H,22,23). The molecule has 1 aromatic heterocycles. The number of nitrogens with one attached hydrogen (secondary N) is 1. The second kappa shape index (κ2) is 11.1. The van der Waals surface area contributed by atoms with Crippen LogP contribution in [0.25, 0.3) is 0 Å². The maximum atomic E-state index is 12.7. The van der Waals surface area contributed by atoms with Crippen molar-refractivity contribution >= 4 is 11.6 Å². The molecule has 0 aliphatic rings. The fraction of sp³-hybridized carbons (Fsp3) is 0.429. The van der Waals surface area contributed by atoms with Crippen LogP contribution in [0.15, 0.2) is 48.8 Å². The zero-order chi connectivity index (χ0) is 18.6. The maximum absolute atomic E-state index is 12.7. The summed E-state index contributed by atoms with van der Waals surface area (Å²) in [7, 11) is 0. The highest BCUT2D eigenvalue weighted by Crippen LogP contribution is 2.16. The first kappa shape index (κ1) is 19.8. The Labute approximate surface area is 156 Å². The number of nitrogens with zero attached hydrogens (tertiary/aromatic N) is 2. The number of carbonyl (C=O) groups is 1. The summed E-state index contributed by atoms with van der Waals surface area (Å²) in [5.74, 6) is 0.825. The molecule has 0 aliphatic carbocycles. The van der Waals surface area contributed by atoms with Gasteiger partial charge in [0, 0.05) is 43.3 Å². The smallest absolute Gasteiger partial charge is 0.253 e. The third-order valence-electron chi connectivity index (χ3n) is 3.95. The average Bonchev–Trinajstić information content (AvgIpc) is 2.68. The average molecular weight is 355 g/mol. The molecule has 0 radical (unpaired) electrons. The second-order valence-electron chi connectivity index (χ2n) is 6.18. The number of pyridine rings is 1. The van der Waals surface area contributed by atoms with Crippen LogP contribution in [-0.4, -0.2) is 42.0 Å². The maximum Gasteiger partial charge on any atom is 0.253 e. The van der Waals surface area contributed by atoms with Gasteiger partial charge in [0.05, 0.1) is 6.61 Å². The zero-order valence-corrected chi connectivity index (χ0v) is 15.8. The number of anilines is 1. The van der Waals surface area contributed by atoms with Gasteiger partial charge in [0.15, 0.2) is 0 Å². The van der Waals surface area contributed by atoms with Crippen LogP contribution in [0.3, 0.4) is 0 Å². The third-order valence-corrected chi connectivity index (χ3v) is 3.95. The van der Waals surface area contributed by atoms with Gasteiger partial charge in [0.25, 0.3) is 5.91 Å². The van der Waals surface area contributed by atoms with E-state index in [2.05, 4.69) is 24.1 Å². The first-order chi connectivity index (χ1) is 12.7. The van der Waals surface area contributed by atoms with Crippen LogP contribution >= 0.6 is 0 Å². The van der Waals surface area contributed by atoms with Gasteiger partial charge >= 0.3 is 0 Å². The topological polar surface area (TPSA) is 54.5 Å². The monoisotopic (exact) mass is 355 g/mol. The third kappa shape index (κ3) is 6.39. The molecule has 0 saturated carbocycles. The fourth-order valence-electron chi connectivity index (χ4n) is 2.72. The van der Waals surface area contributed by atoms with E-state index in [9.17, 15) is 4.79 Å². The van der Waals surface area contributed by atoms with E-state index in [0.717, 1.165) is 50.3 Å². The molecule has 5 nitrogen and oxygen atoms in total. The van der Waals surface area contributed by atoms with Crippen molar-refractivity contribution < 1.29 is 9.53 Å². The molecule has 0 atom stereocenters. The van der Waals surface area contributed by atoms with E-state index >= 15 is 0 Å². The summed E-state index contributed by atoms with van der Waals surface area (Å²) in [6, 6.07) is 11.4. The summed E-state index contributed by atoms with van der Waals surface area (Å²) in [6.45, 7) is 7.19. The molecule has 0 bridgehead atoms. The lowest BCUT2D eigenvalue weighted by atomic mass is 10.1. The van der Waals surface area contributed by atoms with Crippen LogP contribution in [0.1, 0.15) is 43.5 Å². The van der Waals surface area contributed by atoms with E-state index in [0.29, 0.717) is 12.2 Å². The molecular formula is C21H29N3O2. The molecule has 0 fully saturated rings. The quantitative estimate of drug-likeness (QED) is 0.613. The SMILES string of the molecule is CCCN(CCC)C(=O)c1cccc(OCCCNc2ccncc2)c1. The molecule has 0 saturated heterocycles. The number of carbonyl (C=O) groups excluding carboxylic acids is 1. The Balaban J connectivity index is 1.81. The highest BCUT2D eigenvalue weighted by molar-refractivity contribution is 5.94. The molecular weight excluding hydrogens is 326 g/mol. The van der Waals surface area contributed by atoms with E-state index in [1.165, 1.54) is 0 Å². The first-order valence-corrected chi connectivity index (χ1v) is 9.40. The van der Waals surface area contributed by atoms with Crippen molar-refractivity contribution in [3.63, 3.8) is 0 Å². The molecule has 1 aromatic carbocycles. The minimum absolute atomic E-state index is 0.0819. The summed E-state index contributed by atoms with van der Waals surface area (Å²) >= 11 is 0. The Morgan fingerprint density at radius 3 is 2.54 bits per heavy atom. The number of hydrogen-bond acceptors (Lipinski definition) is 4. The highest BCUT2D eigenvalue weighted by Gasteiger charge is 2.14. The van der Waals surface area contributed by atoms with E-state index in [4.69, 9.17) is 4.74 Å². The van der Waals surface area contributed by atoms with Crippen molar-refractivity contribution in [3.8, 4) is 5.75 Å². The van der Waals surface area contributed by atoms with E-state index in [1.807, 2.05) is 41.3 Å². The molecule has 0 aliphatic heterocycles. The predicted octanol–water partition coefficient (Wildman–Crippen LogP) is 4.22. The normalized spacial score (nSPS) is 10.4. The minimum atomic E-state index is 0.0819. The Morgan fingerprint density at radius 2 is 1.85 bits per heavy atom. The van der Waals surface area contributed by atoms with Crippen LogP contribution < -0.4 is 10.1 Å². The summed E-state index contributed by atoms with van der Waals surface area (Å²) in [5, 5.41) is 3.32. The van der Waals surface area contributed by atoms with Crippen LogP contribution in [-0.2, 0) is 0 Å². The van der Waals surface area contributed by atoms with Crippen molar-refractivity contribution in [2.45, 2.75) is 33.1 Å². The summed E-state index contributed by atoms with van der Waals surface area (Å²) in [4.78, 5) is 18.6. The molecule has 2 rings (SSSR count). The largest absolute Gasteiger partial charge is 0.494 e.